The molecular weight excluding hydrogens is 229 g/mol. The summed E-state index contributed by atoms with van der Waals surface area (Å²) >= 11 is 0. The van der Waals surface area contributed by atoms with E-state index in [1.165, 1.54) is 26.3 Å². The van der Waals surface area contributed by atoms with E-state index in [2.05, 4.69) is 4.74 Å². The van der Waals surface area contributed by atoms with Gasteiger partial charge in [0.2, 0.25) is 0 Å². The van der Waals surface area contributed by atoms with Gasteiger partial charge in [-0.2, -0.15) is 0 Å². The zero-order chi connectivity index (χ0) is 13.0. The molecule has 1 amide bonds. The van der Waals surface area contributed by atoms with Gasteiger partial charge in [0, 0.05) is 7.05 Å². The van der Waals surface area contributed by atoms with Crippen LogP contribution in [0.15, 0.2) is 18.2 Å². The zero-order valence-corrected chi connectivity index (χ0v) is 9.44. The number of nitrogens with zero attached hydrogens (tertiary/aromatic N) is 1. The van der Waals surface area contributed by atoms with Crippen molar-refractivity contribution in [3.63, 3.8) is 0 Å². The van der Waals surface area contributed by atoms with E-state index in [4.69, 9.17) is 0 Å². The molecule has 1 N–H and O–H groups in total. The van der Waals surface area contributed by atoms with Gasteiger partial charge in [-0.3, -0.25) is 9.59 Å². The molecular formula is C11H12FNO4. The topological polar surface area (TPSA) is 66.8 Å². The molecule has 5 nitrogen and oxygen atoms in total. The van der Waals surface area contributed by atoms with Crippen LogP contribution >= 0.6 is 0 Å². The average Bonchev–Trinajstić information content (AvgIpc) is 2.28. The quantitative estimate of drug-likeness (QED) is 0.794. The van der Waals surface area contributed by atoms with Gasteiger partial charge in [0.1, 0.15) is 23.7 Å². The van der Waals surface area contributed by atoms with E-state index >= 15 is 0 Å². The molecule has 0 bridgehead atoms. The van der Waals surface area contributed by atoms with Gasteiger partial charge in [0.15, 0.2) is 0 Å². The number of aromatic hydroxyl groups is 1. The van der Waals surface area contributed by atoms with E-state index in [1.807, 2.05) is 0 Å². The van der Waals surface area contributed by atoms with Gasteiger partial charge >= 0.3 is 5.97 Å². The first-order chi connectivity index (χ1) is 7.97. The first kappa shape index (κ1) is 13.0. The van der Waals surface area contributed by atoms with E-state index in [9.17, 15) is 19.1 Å². The maximum atomic E-state index is 13.4. The van der Waals surface area contributed by atoms with Gasteiger partial charge in [0.25, 0.3) is 5.91 Å². The lowest BCUT2D eigenvalue weighted by Crippen LogP contribution is -2.33. The van der Waals surface area contributed by atoms with E-state index < -0.39 is 29.0 Å². The molecule has 0 radical (unpaired) electrons. The molecule has 17 heavy (non-hydrogen) atoms. The lowest BCUT2D eigenvalue weighted by atomic mass is 10.1. The Kier molecular flexibility index (Phi) is 4.03. The predicted octanol–water partition coefficient (Wildman–Crippen LogP) is 0.776. The Morgan fingerprint density at radius 3 is 2.65 bits per heavy atom. The van der Waals surface area contributed by atoms with Crippen LogP contribution in [0.4, 0.5) is 4.39 Å². The molecule has 0 aliphatic carbocycles. The minimum atomic E-state index is -0.841. The highest BCUT2D eigenvalue weighted by atomic mass is 19.1. The van der Waals surface area contributed by atoms with Crippen LogP contribution in [0.5, 0.6) is 5.75 Å². The van der Waals surface area contributed by atoms with Gasteiger partial charge in [-0.05, 0) is 12.1 Å². The third kappa shape index (κ3) is 2.93. The van der Waals surface area contributed by atoms with Crippen molar-refractivity contribution in [2.24, 2.45) is 0 Å². The number of phenolic OH excluding ortho intramolecular Hbond substituents is 1. The molecule has 0 atom stereocenters. The minimum absolute atomic E-state index is 0.316. The molecule has 1 aromatic rings. The summed E-state index contributed by atoms with van der Waals surface area (Å²) in [6.45, 7) is -0.316. The Hall–Kier alpha value is -2.11. The zero-order valence-electron chi connectivity index (χ0n) is 9.44. The van der Waals surface area contributed by atoms with E-state index in [0.717, 1.165) is 11.0 Å². The molecule has 1 rings (SSSR count). The summed E-state index contributed by atoms with van der Waals surface area (Å²) in [6.07, 6.45) is 0. The summed E-state index contributed by atoms with van der Waals surface area (Å²) in [6, 6.07) is 3.53. The lowest BCUT2D eigenvalue weighted by Gasteiger charge is -2.16. The number of ether oxygens (including phenoxy) is 1. The maximum absolute atomic E-state index is 13.4. The molecule has 0 fully saturated rings. The molecule has 0 heterocycles. The van der Waals surface area contributed by atoms with Crippen molar-refractivity contribution in [1.82, 2.24) is 4.90 Å². The largest absolute Gasteiger partial charge is 0.507 e. The van der Waals surface area contributed by atoms with Crippen molar-refractivity contribution in [1.29, 1.82) is 0 Å². The summed E-state index contributed by atoms with van der Waals surface area (Å²) in [5.41, 5.74) is -0.459. The summed E-state index contributed by atoms with van der Waals surface area (Å²) < 4.78 is 17.7. The molecule has 0 aromatic heterocycles. The number of carbonyl (C=O) groups excluding carboxylic acids is 2. The number of hydrogen-bond acceptors (Lipinski definition) is 4. The van der Waals surface area contributed by atoms with E-state index in [1.54, 1.807) is 0 Å². The Morgan fingerprint density at radius 1 is 1.47 bits per heavy atom. The average molecular weight is 241 g/mol. The maximum Gasteiger partial charge on any atom is 0.325 e. The Balaban J connectivity index is 2.93. The molecule has 1 aromatic carbocycles. The normalized spacial score (nSPS) is 9.82. The van der Waals surface area contributed by atoms with Gasteiger partial charge in [-0.25, -0.2) is 4.39 Å². The predicted molar refractivity (Wildman–Crippen MR) is 57.0 cm³/mol. The number of esters is 1. The molecule has 0 aliphatic heterocycles. The Morgan fingerprint density at radius 2 is 2.12 bits per heavy atom. The van der Waals surface area contributed by atoms with Crippen molar-refractivity contribution >= 4 is 11.9 Å². The smallest absolute Gasteiger partial charge is 0.325 e. The molecule has 0 saturated carbocycles. The fraction of sp³-hybridized carbons (Fsp3) is 0.273. The fourth-order valence-electron chi connectivity index (χ4n) is 1.25. The highest BCUT2D eigenvalue weighted by Crippen LogP contribution is 2.21. The van der Waals surface area contributed by atoms with Crippen molar-refractivity contribution in [3.05, 3.63) is 29.6 Å². The Bertz CT molecular complexity index is 427. The number of carbonyl (C=O) groups is 2. The minimum Gasteiger partial charge on any atom is -0.507 e. The molecule has 92 valence electrons. The number of phenols is 1. The number of rotatable bonds is 3. The van der Waals surface area contributed by atoms with Crippen LogP contribution in [-0.4, -0.2) is 42.6 Å². The first-order valence-electron chi connectivity index (χ1n) is 4.77. The van der Waals surface area contributed by atoms with Crippen LogP contribution < -0.4 is 0 Å². The first-order valence-corrected chi connectivity index (χ1v) is 4.77. The molecule has 0 aliphatic rings. The number of likely N-dealkylation sites (N-methyl/N-ethyl adjacent to an activating group) is 1. The van der Waals surface area contributed by atoms with Crippen LogP contribution in [0.3, 0.4) is 0 Å². The van der Waals surface area contributed by atoms with Gasteiger partial charge in [-0.15, -0.1) is 0 Å². The van der Waals surface area contributed by atoms with Gasteiger partial charge in [0.05, 0.1) is 7.11 Å². The number of amides is 1. The second-order valence-corrected chi connectivity index (χ2v) is 3.37. The van der Waals surface area contributed by atoms with Gasteiger partial charge in [-0.1, -0.05) is 6.07 Å². The number of halogens is 1. The van der Waals surface area contributed by atoms with Crippen molar-refractivity contribution < 1.29 is 23.8 Å². The lowest BCUT2D eigenvalue weighted by molar-refractivity contribution is -0.141. The highest BCUT2D eigenvalue weighted by Gasteiger charge is 2.21. The SMILES string of the molecule is COC(=O)CN(C)C(=O)c1c(O)cccc1F. The van der Waals surface area contributed by atoms with Crippen LogP contribution in [0.25, 0.3) is 0 Å². The molecule has 6 heteroatoms. The van der Waals surface area contributed by atoms with Crippen LogP contribution in [0, 0.1) is 5.82 Å². The number of methoxy groups -OCH3 is 1. The second kappa shape index (κ2) is 5.29. The Labute approximate surface area is 97.4 Å². The van der Waals surface area contributed by atoms with E-state index in [-0.39, 0.29) is 6.54 Å². The molecule has 0 saturated heterocycles. The summed E-state index contributed by atoms with van der Waals surface area (Å²) in [4.78, 5) is 23.7. The highest BCUT2D eigenvalue weighted by molar-refractivity contribution is 5.98. The second-order valence-electron chi connectivity index (χ2n) is 3.37. The van der Waals surface area contributed by atoms with Crippen molar-refractivity contribution in [3.8, 4) is 5.75 Å². The third-order valence-electron chi connectivity index (χ3n) is 2.15. The van der Waals surface area contributed by atoms with Crippen LogP contribution in [0.2, 0.25) is 0 Å². The van der Waals surface area contributed by atoms with Crippen LogP contribution in [-0.2, 0) is 9.53 Å². The third-order valence-corrected chi connectivity index (χ3v) is 2.15. The monoisotopic (exact) mass is 241 g/mol. The van der Waals surface area contributed by atoms with Crippen LogP contribution in [0.1, 0.15) is 10.4 Å². The molecule has 0 unspecified atom stereocenters. The summed E-state index contributed by atoms with van der Waals surface area (Å²) in [5.74, 6) is -2.72. The van der Waals surface area contributed by atoms with Crippen molar-refractivity contribution in [2.75, 3.05) is 20.7 Å². The van der Waals surface area contributed by atoms with Crippen molar-refractivity contribution in [2.45, 2.75) is 0 Å². The fourth-order valence-corrected chi connectivity index (χ4v) is 1.25. The summed E-state index contributed by atoms with van der Waals surface area (Å²) in [7, 11) is 2.49. The summed E-state index contributed by atoms with van der Waals surface area (Å²) in [5, 5.41) is 9.40. The number of hydrogen-bond donors (Lipinski definition) is 1. The number of benzene rings is 1. The van der Waals surface area contributed by atoms with Gasteiger partial charge < -0.3 is 14.7 Å². The standard InChI is InChI=1S/C11H12FNO4/c1-13(6-9(15)17-2)11(16)10-7(12)4-3-5-8(10)14/h3-5,14H,6H2,1-2H3. The van der Waals surface area contributed by atoms with E-state index in [0.29, 0.717) is 0 Å². The molecule has 0 spiro atoms.